The fourth-order valence-electron chi connectivity index (χ4n) is 2.07. The van der Waals surface area contributed by atoms with Crippen LogP contribution in [0.3, 0.4) is 0 Å². The molecule has 0 radical (unpaired) electrons. The topological polar surface area (TPSA) is 45.0 Å². The maximum atomic E-state index is 13.2. The van der Waals surface area contributed by atoms with Gasteiger partial charge in [0.2, 0.25) is 0 Å². The third-order valence-electron chi connectivity index (χ3n) is 3.19. The minimum atomic E-state index is -1.11. The first-order valence-electron chi connectivity index (χ1n) is 6.28. The number of para-hydroxylation sites is 2. The van der Waals surface area contributed by atoms with Crippen LogP contribution >= 0.6 is 11.6 Å². The van der Waals surface area contributed by atoms with E-state index in [1.807, 2.05) is 12.1 Å². The highest BCUT2D eigenvalue weighted by Crippen LogP contribution is 2.34. The Kier molecular flexibility index (Phi) is 4.35. The monoisotopic (exact) mass is 304 g/mol. The van der Waals surface area contributed by atoms with E-state index in [9.17, 15) is 9.65 Å². The van der Waals surface area contributed by atoms with Crippen LogP contribution in [-0.2, 0) is 5.54 Å². The van der Waals surface area contributed by atoms with Crippen LogP contribution in [0.5, 0.6) is 5.75 Å². The summed E-state index contributed by atoms with van der Waals surface area (Å²) >= 11 is 6.07. The highest BCUT2D eigenvalue weighted by Gasteiger charge is 2.29. The zero-order valence-corrected chi connectivity index (χ0v) is 12.4. The van der Waals surface area contributed by atoms with E-state index in [1.165, 1.54) is 18.2 Å². The van der Waals surface area contributed by atoms with E-state index in [0.717, 1.165) is 0 Å². The summed E-state index contributed by atoms with van der Waals surface area (Å²) < 4.78 is 18.4. The van der Waals surface area contributed by atoms with Gasteiger partial charge in [-0.1, -0.05) is 29.8 Å². The number of methoxy groups -OCH3 is 1. The van der Waals surface area contributed by atoms with Gasteiger partial charge in [0, 0.05) is 5.56 Å². The van der Waals surface area contributed by atoms with Crippen molar-refractivity contribution in [2.24, 2.45) is 0 Å². The van der Waals surface area contributed by atoms with Gasteiger partial charge in [0.15, 0.2) is 0 Å². The molecule has 2 aromatic rings. The highest BCUT2D eigenvalue weighted by molar-refractivity contribution is 6.31. The summed E-state index contributed by atoms with van der Waals surface area (Å²) in [6, 6.07) is 13.4. The summed E-state index contributed by atoms with van der Waals surface area (Å²) in [5, 5.41) is 12.9. The molecule has 1 atom stereocenters. The average Bonchev–Trinajstić information content (AvgIpc) is 2.47. The van der Waals surface area contributed by atoms with Crippen LogP contribution in [0, 0.1) is 17.1 Å². The number of nitrogens with zero attached hydrogens (tertiary/aromatic N) is 1. The predicted molar refractivity (Wildman–Crippen MR) is 81.0 cm³/mol. The van der Waals surface area contributed by atoms with Gasteiger partial charge in [-0.15, -0.1) is 0 Å². The molecule has 0 spiro atoms. The Labute approximate surface area is 127 Å². The number of ether oxygens (including phenoxy) is 1. The summed E-state index contributed by atoms with van der Waals surface area (Å²) in [7, 11) is 1.55. The molecule has 0 saturated carbocycles. The molecule has 0 heterocycles. The van der Waals surface area contributed by atoms with Crippen LogP contribution in [0.1, 0.15) is 12.5 Å². The van der Waals surface area contributed by atoms with Crippen molar-refractivity contribution >= 4 is 17.3 Å². The van der Waals surface area contributed by atoms with Crippen molar-refractivity contribution in [2.45, 2.75) is 12.5 Å². The first kappa shape index (κ1) is 15.1. The number of halogens is 2. The molecular formula is C16H14ClFN2O. The van der Waals surface area contributed by atoms with Gasteiger partial charge in [0.05, 0.1) is 23.9 Å². The highest BCUT2D eigenvalue weighted by atomic mass is 35.5. The maximum Gasteiger partial charge on any atom is 0.149 e. The number of nitriles is 1. The molecule has 3 nitrogen and oxygen atoms in total. The summed E-state index contributed by atoms with van der Waals surface area (Å²) in [5.74, 6) is 0.165. The van der Waals surface area contributed by atoms with Gasteiger partial charge in [-0.2, -0.15) is 5.26 Å². The first-order chi connectivity index (χ1) is 10.00. The zero-order valence-electron chi connectivity index (χ0n) is 11.7. The number of hydrogen-bond donors (Lipinski definition) is 1. The van der Waals surface area contributed by atoms with Crippen LogP contribution in [0.15, 0.2) is 42.5 Å². The van der Waals surface area contributed by atoms with Gasteiger partial charge < -0.3 is 10.1 Å². The second kappa shape index (κ2) is 6.02. The fourth-order valence-corrected chi connectivity index (χ4v) is 2.42. The number of rotatable bonds is 4. The Bertz CT molecular complexity index is 699. The number of benzene rings is 2. The van der Waals surface area contributed by atoms with Gasteiger partial charge in [0.25, 0.3) is 0 Å². The zero-order chi connectivity index (χ0) is 15.5. The summed E-state index contributed by atoms with van der Waals surface area (Å²) in [6.45, 7) is 1.68. The van der Waals surface area contributed by atoms with E-state index in [4.69, 9.17) is 16.3 Å². The van der Waals surface area contributed by atoms with Crippen molar-refractivity contribution < 1.29 is 9.13 Å². The van der Waals surface area contributed by atoms with E-state index in [0.29, 0.717) is 17.0 Å². The molecule has 1 N–H and O–H groups in total. The Hall–Kier alpha value is -2.25. The average molecular weight is 305 g/mol. The van der Waals surface area contributed by atoms with Crippen LogP contribution in [0.2, 0.25) is 5.02 Å². The molecule has 0 aromatic heterocycles. The van der Waals surface area contributed by atoms with E-state index < -0.39 is 11.4 Å². The normalized spacial score (nSPS) is 13.1. The smallest absolute Gasteiger partial charge is 0.149 e. The molecular weight excluding hydrogens is 291 g/mol. The molecule has 1 unspecified atom stereocenters. The van der Waals surface area contributed by atoms with Crippen molar-refractivity contribution in [3.05, 3.63) is 58.9 Å². The third-order valence-corrected chi connectivity index (χ3v) is 3.50. The van der Waals surface area contributed by atoms with Crippen molar-refractivity contribution in [1.29, 1.82) is 5.26 Å². The number of nitrogens with one attached hydrogen (secondary N) is 1. The summed E-state index contributed by atoms with van der Waals surface area (Å²) in [6.07, 6.45) is 0. The summed E-state index contributed by atoms with van der Waals surface area (Å²) in [5.41, 5.74) is 0.0442. The minimum absolute atomic E-state index is 0.196. The largest absolute Gasteiger partial charge is 0.495 e. The Morgan fingerprint density at radius 1 is 1.29 bits per heavy atom. The van der Waals surface area contributed by atoms with Crippen molar-refractivity contribution in [1.82, 2.24) is 0 Å². The van der Waals surface area contributed by atoms with Gasteiger partial charge in [-0.05, 0) is 31.2 Å². The van der Waals surface area contributed by atoms with Crippen LogP contribution < -0.4 is 10.1 Å². The van der Waals surface area contributed by atoms with Crippen LogP contribution in [0.25, 0.3) is 0 Å². The van der Waals surface area contributed by atoms with E-state index >= 15 is 0 Å². The molecule has 0 aliphatic heterocycles. The minimum Gasteiger partial charge on any atom is -0.495 e. The molecule has 0 aliphatic rings. The van der Waals surface area contributed by atoms with E-state index in [-0.39, 0.29) is 5.02 Å². The third kappa shape index (κ3) is 3.09. The van der Waals surface area contributed by atoms with Gasteiger partial charge in [-0.25, -0.2) is 4.39 Å². The van der Waals surface area contributed by atoms with Crippen molar-refractivity contribution in [3.8, 4) is 11.8 Å². The lowest BCUT2D eigenvalue weighted by atomic mass is 9.93. The maximum absolute atomic E-state index is 13.2. The molecule has 0 saturated heterocycles. The molecule has 0 bridgehead atoms. The van der Waals surface area contributed by atoms with Crippen molar-refractivity contribution in [2.75, 3.05) is 12.4 Å². The predicted octanol–water partition coefficient (Wildman–Crippen LogP) is 4.34. The quantitative estimate of drug-likeness (QED) is 0.914. The number of anilines is 1. The second-order valence-corrected chi connectivity index (χ2v) is 5.09. The first-order valence-corrected chi connectivity index (χ1v) is 6.66. The van der Waals surface area contributed by atoms with Gasteiger partial charge >= 0.3 is 0 Å². The van der Waals surface area contributed by atoms with E-state index in [1.54, 1.807) is 26.2 Å². The molecule has 0 aliphatic carbocycles. The van der Waals surface area contributed by atoms with Gasteiger partial charge in [0.1, 0.15) is 17.1 Å². The lowest BCUT2D eigenvalue weighted by Gasteiger charge is -2.27. The fraction of sp³-hybridized carbons (Fsp3) is 0.188. The van der Waals surface area contributed by atoms with Crippen LogP contribution in [-0.4, -0.2) is 7.11 Å². The molecule has 2 rings (SSSR count). The molecule has 108 valence electrons. The SMILES string of the molecule is COc1ccccc1NC(C)(C#N)c1ccc(F)cc1Cl. The van der Waals surface area contributed by atoms with E-state index in [2.05, 4.69) is 11.4 Å². The Balaban J connectivity index is 2.45. The van der Waals surface area contributed by atoms with Crippen molar-refractivity contribution in [3.63, 3.8) is 0 Å². The summed E-state index contributed by atoms with van der Waals surface area (Å²) in [4.78, 5) is 0. The molecule has 5 heteroatoms. The molecule has 21 heavy (non-hydrogen) atoms. The Morgan fingerprint density at radius 3 is 2.62 bits per heavy atom. The second-order valence-electron chi connectivity index (χ2n) is 4.69. The van der Waals surface area contributed by atoms with Crippen LogP contribution in [0.4, 0.5) is 10.1 Å². The molecule has 0 fully saturated rings. The molecule has 2 aromatic carbocycles. The number of hydrogen-bond acceptors (Lipinski definition) is 3. The molecule has 0 amide bonds. The standard InChI is InChI=1S/C16H14ClFN2O/c1-16(10-19,12-8-7-11(18)9-13(12)17)20-14-5-3-4-6-15(14)21-2/h3-9,20H,1-2H3. The Morgan fingerprint density at radius 2 is 2.00 bits per heavy atom. The van der Waals surface area contributed by atoms with Gasteiger partial charge in [-0.3, -0.25) is 0 Å². The lowest BCUT2D eigenvalue weighted by Crippen LogP contribution is -2.30. The lowest BCUT2D eigenvalue weighted by molar-refractivity contribution is 0.415.